The minimum atomic E-state index is -0.312. The molecule has 0 fully saturated rings. The molecule has 0 amide bonds. The van der Waals surface area contributed by atoms with Crippen molar-refractivity contribution in [2.45, 2.75) is 18.9 Å². The van der Waals surface area contributed by atoms with Crippen molar-refractivity contribution in [3.05, 3.63) is 35.4 Å². The van der Waals surface area contributed by atoms with E-state index >= 15 is 0 Å². The van der Waals surface area contributed by atoms with Crippen LogP contribution in [0.3, 0.4) is 0 Å². The lowest BCUT2D eigenvalue weighted by Crippen LogP contribution is -2.15. The van der Waals surface area contributed by atoms with E-state index in [2.05, 4.69) is 9.89 Å². The third-order valence-corrected chi connectivity index (χ3v) is 2.88. The summed E-state index contributed by atoms with van der Waals surface area (Å²) >= 11 is 0. The van der Waals surface area contributed by atoms with E-state index in [1.165, 1.54) is 7.11 Å². The smallest absolute Gasteiger partial charge is 0.309 e. The SMILES string of the molecule is COC(=O)C[C@H]1CC(c2ccc(C(=N)N)cc2)=NO1. The van der Waals surface area contributed by atoms with Crippen LogP contribution in [0.5, 0.6) is 0 Å². The Labute approximate surface area is 110 Å². The number of nitrogen functional groups attached to an aromatic ring is 1. The number of hydrogen-bond acceptors (Lipinski definition) is 5. The molecule has 0 aromatic heterocycles. The average Bonchev–Trinajstić information content (AvgIpc) is 2.87. The van der Waals surface area contributed by atoms with Gasteiger partial charge >= 0.3 is 5.97 Å². The number of benzene rings is 1. The predicted molar refractivity (Wildman–Crippen MR) is 70.1 cm³/mol. The molecule has 1 aromatic rings. The molecule has 1 heterocycles. The molecule has 0 aliphatic carbocycles. The van der Waals surface area contributed by atoms with E-state index in [0.29, 0.717) is 12.0 Å². The Kier molecular flexibility index (Phi) is 3.79. The van der Waals surface area contributed by atoms with E-state index in [1.54, 1.807) is 12.1 Å². The monoisotopic (exact) mass is 261 g/mol. The number of oxime groups is 1. The van der Waals surface area contributed by atoms with E-state index in [1.807, 2.05) is 12.1 Å². The molecule has 100 valence electrons. The van der Waals surface area contributed by atoms with Crippen molar-refractivity contribution in [2.24, 2.45) is 10.9 Å². The van der Waals surface area contributed by atoms with Gasteiger partial charge in [0.2, 0.25) is 0 Å². The summed E-state index contributed by atoms with van der Waals surface area (Å²) in [5, 5.41) is 11.3. The molecule has 1 aromatic carbocycles. The fraction of sp³-hybridized carbons (Fsp3) is 0.308. The number of amidine groups is 1. The molecule has 0 saturated heterocycles. The number of rotatable bonds is 4. The zero-order chi connectivity index (χ0) is 13.8. The maximum atomic E-state index is 11.1. The van der Waals surface area contributed by atoms with Gasteiger partial charge in [-0.25, -0.2) is 0 Å². The van der Waals surface area contributed by atoms with Crippen molar-refractivity contribution in [3.8, 4) is 0 Å². The molecule has 6 heteroatoms. The third kappa shape index (κ3) is 3.09. The van der Waals surface area contributed by atoms with Crippen molar-refractivity contribution < 1.29 is 14.4 Å². The second-order valence-corrected chi connectivity index (χ2v) is 4.24. The second-order valence-electron chi connectivity index (χ2n) is 4.24. The Bertz CT molecular complexity index is 522. The van der Waals surface area contributed by atoms with Gasteiger partial charge in [0.1, 0.15) is 11.9 Å². The number of methoxy groups -OCH3 is 1. The normalized spacial score (nSPS) is 17.5. The van der Waals surface area contributed by atoms with Gasteiger partial charge in [-0.15, -0.1) is 0 Å². The lowest BCUT2D eigenvalue weighted by molar-refractivity contribution is -0.143. The number of carbonyl (C=O) groups excluding carboxylic acids is 1. The molecular weight excluding hydrogens is 246 g/mol. The topological polar surface area (TPSA) is 97.8 Å². The maximum Gasteiger partial charge on any atom is 0.309 e. The number of nitrogens with zero attached hydrogens (tertiary/aromatic N) is 1. The first-order valence-corrected chi connectivity index (χ1v) is 5.84. The minimum absolute atomic E-state index is 0.0275. The summed E-state index contributed by atoms with van der Waals surface area (Å²) < 4.78 is 4.59. The summed E-state index contributed by atoms with van der Waals surface area (Å²) in [7, 11) is 1.35. The average molecular weight is 261 g/mol. The first-order chi connectivity index (χ1) is 9.10. The number of nitrogens with one attached hydrogen (secondary N) is 1. The van der Waals surface area contributed by atoms with Gasteiger partial charge in [0.05, 0.1) is 19.2 Å². The molecule has 19 heavy (non-hydrogen) atoms. The van der Waals surface area contributed by atoms with E-state index in [4.69, 9.17) is 16.0 Å². The first kappa shape index (κ1) is 13.1. The van der Waals surface area contributed by atoms with E-state index < -0.39 is 0 Å². The van der Waals surface area contributed by atoms with Crippen LogP contribution in [0.25, 0.3) is 0 Å². The number of ether oxygens (including phenoxy) is 1. The molecule has 0 bridgehead atoms. The van der Waals surface area contributed by atoms with Crippen LogP contribution in [-0.4, -0.2) is 30.7 Å². The molecule has 2 rings (SSSR count). The Morgan fingerprint density at radius 1 is 1.53 bits per heavy atom. The van der Waals surface area contributed by atoms with Crippen LogP contribution in [0.1, 0.15) is 24.0 Å². The molecule has 0 saturated carbocycles. The zero-order valence-electron chi connectivity index (χ0n) is 10.6. The molecule has 3 N–H and O–H groups in total. The Balaban J connectivity index is 2.00. The predicted octanol–water partition coefficient (Wildman–Crippen LogP) is 1.03. The molecule has 1 aliphatic heterocycles. The van der Waals surface area contributed by atoms with Gasteiger partial charge in [0.15, 0.2) is 0 Å². The fourth-order valence-corrected chi connectivity index (χ4v) is 1.82. The van der Waals surface area contributed by atoms with Crippen LogP contribution < -0.4 is 5.73 Å². The van der Waals surface area contributed by atoms with E-state index in [9.17, 15) is 4.79 Å². The highest BCUT2D eigenvalue weighted by atomic mass is 16.6. The van der Waals surface area contributed by atoms with Gasteiger partial charge in [0, 0.05) is 12.0 Å². The third-order valence-electron chi connectivity index (χ3n) is 2.88. The fourth-order valence-electron chi connectivity index (χ4n) is 1.82. The molecule has 0 spiro atoms. The van der Waals surface area contributed by atoms with E-state index in [0.717, 1.165) is 11.3 Å². The highest BCUT2D eigenvalue weighted by Crippen LogP contribution is 2.19. The summed E-state index contributed by atoms with van der Waals surface area (Å²) in [6, 6.07) is 7.18. The van der Waals surface area contributed by atoms with Gasteiger partial charge in [-0.2, -0.15) is 0 Å². The maximum absolute atomic E-state index is 11.1. The van der Waals surface area contributed by atoms with Crippen LogP contribution in [0.2, 0.25) is 0 Å². The first-order valence-electron chi connectivity index (χ1n) is 5.84. The van der Waals surface area contributed by atoms with Crippen molar-refractivity contribution in [1.82, 2.24) is 0 Å². The zero-order valence-corrected chi connectivity index (χ0v) is 10.6. The molecule has 6 nitrogen and oxygen atoms in total. The van der Waals surface area contributed by atoms with Crippen LogP contribution >= 0.6 is 0 Å². The van der Waals surface area contributed by atoms with Crippen molar-refractivity contribution >= 4 is 17.5 Å². The quantitative estimate of drug-likeness (QED) is 0.480. The van der Waals surface area contributed by atoms with Gasteiger partial charge in [-0.1, -0.05) is 29.4 Å². The van der Waals surface area contributed by atoms with Crippen molar-refractivity contribution in [3.63, 3.8) is 0 Å². The van der Waals surface area contributed by atoms with Crippen LogP contribution in [0, 0.1) is 5.41 Å². The highest BCUT2D eigenvalue weighted by molar-refractivity contribution is 6.02. The standard InChI is InChI=1S/C13H15N3O3/c1-18-12(17)7-10-6-11(16-19-10)8-2-4-9(5-3-8)13(14)15/h2-5,10H,6-7H2,1H3,(H3,14,15)/t10-/m1/s1. The van der Waals surface area contributed by atoms with Crippen LogP contribution in [0.4, 0.5) is 0 Å². The van der Waals surface area contributed by atoms with Crippen LogP contribution in [-0.2, 0) is 14.4 Å². The molecule has 0 radical (unpaired) electrons. The Hall–Kier alpha value is -2.37. The summed E-state index contributed by atoms with van der Waals surface area (Å²) in [6.45, 7) is 0. The summed E-state index contributed by atoms with van der Waals surface area (Å²) in [6.07, 6.45) is 0.485. The Morgan fingerprint density at radius 3 is 2.79 bits per heavy atom. The molecule has 0 unspecified atom stereocenters. The molecule has 1 atom stereocenters. The minimum Gasteiger partial charge on any atom is -0.469 e. The van der Waals surface area contributed by atoms with Crippen molar-refractivity contribution in [1.29, 1.82) is 5.41 Å². The number of esters is 1. The van der Waals surface area contributed by atoms with Gasteiger partial charge in [-0.05, 0) is 5.56 Å². The van der Waals surface area contributed by atoms with Gasteiger partial charge in [-0.3, -0.25) is 10.2 Å². The lowest BCUT2D eigenvalue weighted by atomic mass is 10.0. The number of carbonyl (C=O) groups is 1. The summed E-state index contributed by atoms with van der Waals surface area (Å²) in [4.78, 5) is 16.3. The number of hydrogen-bond donors (Lipinski definition) is 2. The van der Waals surface area contributed by atoms with Crippen LogP contribution in [0.15, 0.2) is 29.4 Å². The molecule has 1 aliphatic rings. The summed E-state index contributed by atoms with van der Waals surface area (Å²) in [5.41, 5.74) is 7.73. The van der Waals surface area contributed by atoms with E-state index in [-0.39, 0.29) is 24.3 Å². The lowest BCUT2D eigenvalue weighted by Gasteiger charge is -2.05. The Morgan fingerprint density at radius 2 is 2.21 bits per heavy atom. The summed E-state index contributed by atoms with van der Waals surface area (Å²) in [5.74, 6) is -0.284. The molecular formula is C13H15N3O3. The van der Waals surface area contributed by atoms with Crippen molar-refractivity contribution in [2.75, 3.05) is 7.11 Å². The van der Waals surface area contributed by atoms with Gasteiger partial charge < -0.3 is 15.3 Å². The highest BCUT2D eigenvalue weighted by Gasteiger charge is 2.25. The largest absolute Gasteiger partial charge is 0.469 e. The second kappa shape index (κ2) is 5.51. The van der Waals surface area contributed by atoms with Gasteiger partial charge in [0.25, 0.3) is 0 Å². The number of nitrogens with two attached hydrogens (primary N) is 1.